The van der Waals surface area contributed by atoms with E-state index in [0.717, 1.165) is 22.3 Å². The smallest absolute Gasteiger partial charge is 0.0991 e. The van der Waals surface area contributed by atoms with Gasteiger partial charge in [0.25, 0.3) is 0 Å². The molecular weight excluding hydrogens is 532 g/mol. The van der Waals surface area contributed by atoms with Gasteiger partial charge in [0.1, 0.15) is 0 Å². The van der Waals surface area contributed by atoms with E-state index in [-0.39, 0.29) is 0 Å². The van der Waals surface area contributed by atoms with Crippen LogP contribution in [0.4, 0.5) is 0 Å². The second-order valence-corrected chi connectivity index (χ2v) is 12.1. The van der Waals surface area contributed by atoms with E-state index in [2.05, 4.69) is 111 Å². The Morgan fingerprint density at radius 1 is 0.409 bits per heavy atom. The quantitative estimate of drug-likeness (QED) is 0.199. The number of hydrogen-bond donors (Lipinski definition) is 0. The molecule has 0 saturated heterocycles. The van der Waals surface area contributed by atoms with E-state index in [9.17, 15) is 10.5 Å². The van der Waals surface area contributed by atoms with Crippen molar-refractivity contribution in [2.45, 2.75) is 13.8 Å². The highest BCUT2D eigenvalue weighted by Gasteiger charge is 2.29. The minimum Gasteiger partial charge on any atom is -0.192 e. The number of benzene rings is 8. The van der Waals surface area contributed by atoms with Crippen LogP contribution in [0.3, 0.4) is 0 Å². The standard InChI is InChI=1S/C42H24N2/c1-23-17-29-18-24(2)20-37-38(29)36(19-23)41-34-15-11-30(27-7-3-25(21-43)4-8-27)32-13-14-33-31(28-9-5-26(22-44)6-10-28)12-16-35(42(37)41)40(33)39(32)34/h3-20H,1-2H3. The summed E-state index contributed by atoms with van der Waals surface area (Å²) in [7, 11) is 0. The van der Waals surface area contributed by atoms with Gasteiger partial charge >= 0.3 is 0 Å². The molecule has 0 spiro atoms. The molecule has 202 valence electrons. The number of fused-ring (bicyclic) bond motifs is 5. The third-order valence-electron chi connectivity index (χ3n) is 9.47. The molecule has 8 aromatic rings. The first-order chi connectivity index (χ1) is 21.5. The largest absolute Gasteiger partial charge is 0.192 e. The lowest BCUT2D eigenvalue weighted by Crippen LogP contribution is -1.93. The number of aryl methyl sites for hydroxylation is 2. The fourth-order valence-corrected chi connectivity index (χ4v) is 7.70. The Morgan fingerprint density at radius 3 is 1.23 bits per heavy atom. The van der Waals surface area contributed by atoms with Crippen LogP contribution in [0.15, 0.2) is 109 Å². The van der Waals surface area contributed by atoms with Crippen molar-refractivity contribution in [2.75, 3.05) is 0 Å². The van der Waals surface area contributed by atoms with Crippen molar-refractivity contribution in [3.05, 3.63) is 131 Å². The zero-order valence-electron chi connectivity index (χ0n) is 24.3. The van der Waals surface area contributed by atoms with Crippen molar-refractivity contribution in [3.63, 3.8) is 0 Å². The first-order valence-electron chi connectivity index (χ1n) is 14.9. The highest BCUT2D eigenvalue weighted by atomic mass is 14.3. The van der Waals surface area contributed by atoms with Gasteiger partial charge in [-0.25, -0.2) is 0 Å². The van der Waals surface area contributed by atoms with Crippen LogP contribution >= 0.6 is 0 Å². The number of nitrogens with zero attached hydrogens (tertiary/aromatic N) is 2. The van der Waals surface area contributed by atoms with Crippen LogP contribution in [0.2, 0.25) is 0 Å². The van der Waals surface area contributed by atoms with Crippen LogP contribution in [0.25, 0.3) is 87.6 Å². The van der Waals surface area contributed by atoms with Crippen molar-refractivity contribution in [1.82, 2.24) is 0 Å². The van der Waals surface area contributed by atoms with E-state index < -0.39 is 0 Å². The van der Waals surface area contributed by atoms with Gasteiger partial charge in [0, 0.05) is 0 Å². The van der Waals surface area contributed by atoms with Gasteiger partial charge in [-0.15, -0.1) is 0 Å². The van der Waals surface area contributed by atoms with Crippen molar-refractivity contribution >= 4 is 43.1 Å². The van der Waals surface area contributed by atoms with Crippen molar-refractivity contribution in [3.8, 4) is 56.6 Å². The van der Waals surface area contributed by atoms with Gasteiger partial charge in [-0.1, -0.05) is 84.9 Å². The topological polar surface area (TPSA) is 47.6 Å². The van der Waals surface area contributed by atoms with Gasteiger partial charge in [0.05, 0.1) is 23.3 Å². The fourth-order valence-electron chi connectivity index (χ4n) is 7.70. The summed E-state index contributed by atoms with van der Waals surface area (Å²) in [6.07, 6.45) is 0. The third kappa shape index (κ3) is 3.23. The highest BCUT2D eigenvalue weighted by Crippen LogP contribution is 2.57. The molecule has 0 unspecified atom stereocenters. The van der Waals surface area contributed by atoms with E-state index in [4.69, 9.17) is 0 Å². The monoisotopic (exact) mass is 556 g/mol. The zero-order chi connectivity index (χ0) is 29.7. The summed E-state index contributed by atoms with van der Waals surface area (Å²) in [4.78, 5) is 0. The Labute approximate surface area is 255 Å². The third-order valence-corrected chi connectivity index (χ3v) is 9.47. The van der Waals surface area contributed by atoms with E-state index in [1.807, 2.05) is 24.3 Å². The molecule has 44 heavy (non-hydrogen) atoms. The van der Waals surface area contributed by atoms with E-state index >= 15 is 0 Å². The van der Waals surface area contributed by atoms with Crippen LogP contribution in [0, 0.1) is 36.5 Å². The summed E-state index contributed by atoms with van der Waals surface area (Å²) < 4.78 is 0. The van der Waals surface area contributed by atoms with Crippen molar-refractivity contribution < 1.29 is 0 Å². The van der Waals surface area contributed by atoms with Crippen LogP contribution in [-0.2, 0) is 0 Å². The van der Waals surface area contributed by atoms with Crippen LogP contribution < -0.4 is 0 Å². The SMILES string of the molecule is Cc1cc2c3c(cc(C)cc3c1)-c1c-2c2ccc(-c3ccc(C#N)cc3)c3ccc4c(-c5ccc(C#N)cc5)ccc1c4c32. The Hall–Kier alpha value is -5.96. The predicted octanol–water partition coefficient (Wildman–Crippen LogP) is 11.1. The van der Waals surface area contributed by atoms with Gasteiger partial charge in [0.2, 0.25) is 0 Å². The minimum atomic E-state index is 0.660. The summed E-state index contributed by atoms with van der Waals surface area (Å²) in [6.45, 7) is 4.39. The van der Waals surface area contributed by atoms with Crippen molar-refractivity contribution in [2.24, 2.45) is 0 Å². The minimum absolute atomic E-state index is 0.660. The molecule has 0 aliphatic heterocycles. The Morgan fingerprint density at radius 2 is 0.818 bits per heavy atom. The van der Waals surface area contributed by atoms with Gasteiger partial charge in [-0.05, 0) is 137 Å². The van der Waals surface area contributed by atoms with Crippen molar-refractivity contribution in [1.29, 1.82) is 10.5 Å². The van der Waals surface area contributed by atoms with E-state index in [0.29, 0.717) is 11.1 Å². The summed E-state index contributed by atoms with van der Waals surface area (Å²) in [5, 5.41) is 28.9. The van der Waals surface area contributed by atoms with Gasteiger partial charge in [0.15, 0.2) is 0 Å². The summed E-state index contributed by atoms with van der Waals surface area (Å²) in [6, 6.07) is 43.4. The molecule has 9 rings (SSSR count). The van der Waals surface area contributed by atoms with Gasteiger partial charge < -0.3 is 0 Å². The molecule has 0 radical (unpaired) electrons. The molecule has 0 atom stereocenters. The van der Waals surface area contributed by atoms with Crippen LogP contribution in [-0.4, -0.2) is 0 Å². The molecule has 8 aromatic carbocycles. The summed E-state index contributed by atoms with van der Waals surface area (Å²) in [5.74, 6) is 0. The molecule has 0 N–H and O–H groups in total. The summed E-state index contributed by atoms with van der Waals surface area (Å²) in [5.41, 5.74) is 13.7. The maximum absolute atomic E-state index is 9.40. The Bertz CT molecular complexity index is 2430. The molecule has 1 aliphatic carbocycles. The molecule has 0 saturated carbocycles. The first-order valence-corrected chi connectivity index (χ1v) is 14.9. The fraction of sp³-hybridized carbons (Fsp3) is 0.0476. The maximum atomic E-state index is 9.40. The molecule has 0 bridgehead atoms. The number of nitriles is 2. The molecule has 0 fully saturated rings. The Balaban J connectivity index is 1.47. The first kappa shape index (κ1) is 24.6. The number of rotatable bonds is 2. The highest BCUT2D eigenvalue weighted by molar-refractivity contribution is 6.37. The Kier molecular flexibility index (Phi) is 4.91. The van der Waals surface area contributed by atoms with E-state index in [1.165, 1.54) is 76.5 Å². The molecule has 2 heteroatoms. The average Bonchev–Trinajstić information content (AvgIpc) is 3.38. The average molecular weight is 557 g/mol. The second-order valence-electron chi connectivity index (χ2n) is 12.1. The van der Waals surface area contributed by atoms with Gasteiger partial charge in [-0.3, -0.25) is 0 Å². The lowest BCUT2D eigenvalue weighted by atomic mass is 9.82. The van der Waals surface area contributed by atoms with E-state index in [1.54, 1.807) is 0 Å². The van der Waals surface area contributed by atoms with Gasteiger partial charge in [-0.2, -0.15) is 10.5 Å². The zero-order valence-corrected chi connectivity index (χ0v) is 24.3. The molecule has 2 nitrogen and oxygen atoms in total. The normalized spacial score (nSPS) is 11.8. The maximum Gasteiger partial charge on any atom is 0.0991 e. The summed E-state index contributed by atoms with van der Waals surface area (Å²) >= 11 is 0. The molecular formula is C42H24N2. The lowest BCUT2D eigenvalue weighted by Gasteiger charge is -2.21. The predicted molar refractivity (Wildman–Crippen MR) is 182 cm³/mol. The molecule has 0 amide bonds. The molecule has 1 aliphatic rings. The number of hydrogen-bond acceptors (Lipinski definition) is 2. The lowest BCUT2D eigenvalue weighted by molar-refractivity contribution is 1.48. The second kappa shape index (κ2) is 8.78. The molecule has 0 aromatic heterocycles. The van der Waals surface area contributed by atoms with Crippen LogP contribution in [0.1, 0.15) is 22.3 Å². The van der Waals surface area contributed by atoms with Crippen LogP contribution in [0.5, 0.6) is 0 Å². The molecule has 0 heterocycles.